The normalized spacial score (nSPS) is 16.0. The Bertz CT molecular complexity index is 1660. The smallest absolute Gasteiger partial charge is 0.416 e. The van der Waals surface area contributed by atoms with Crippen LogP contribution in [0.2, 0.25) is 0 Å². The molecule has 1 aliphatic carbocycles. The number of alkyl halides is 3. The molecular weight excluding hydrogens is 578 g/mol. The molecule has 4 rings (SSSR count). The van der Waals surface area contributed by atoms with E-state index in [0.717, 1.165) is 28.6 Å². The number of aliphatic carboxylic acids is 1. The Kier molecular flexibility index (Phi) is 7.98. The molecular formula is C26H23F4NO7S2. The maximum absolute atomic E-state index is 13.8. The van der Waals surface area contributed by atoms with Crippen molar-refractivity contribution in [2.24, 2.45) is 0 Å². The average Bonchev–Trinajstić information content (AvgIpc) is 2.90. The molecule has 0 unspecified atom stereocenters. The van der Waals surface area contributed by atoms with Gasteiger partial charge in [0.1, 0.15) is 11.6 Å². The number of rotatable bonds is 8. The highest BCUT2D eigenvalue weighted by Crippen LogP contribution is 2.41. The van der Waals surface area contributed by atoms with Gasteiger partial charge in [-0.05, 0) is 78.9 Å². The quantitative estimate of drug-likeness (QED) is 0.290. The Balaban J connectivity index is 1.80. The third-order valence-electron chi connectivity index (χ3n) is 6.54. The minimum Gasteiger partial charge on any atom is -0.482 e. The van der Waals surface area contributed by atoms with Crippen LogP contribution >= 0.6 is 0 Å². The molecule has 0 bridgehead atoms. The van der Waals surface area contributed by atoms with Gasteiger partial charge in [0.15, 0.2) is 6.61 Å². The molecule has 3 aromatic rings. The minimum atomic E-state index is -5.08. The molecule has 0 spiro atoms. The molecule has 3 aromatic carbocycles. The Morgan fingerprint density at radius 3 is 2.27 bits per heavy atom. The summed E-state index contributed by atoms with van der Waals surface area (Å²) in [6, 6.07) is 8.58. The summed E-state index contributed by atoms with van der Waals surface area (Å²) < 4.78 is 115. The van der Waals surface area contributed by atoms with Crippen LogP contribution in [0.15, 0.2) is 75.4 Å². The van der Waals surface area contributed by atoms with Gasteiger partial charge in [-0.1, -0.05) is 12.1 Å². The number of carboxylic acids is 1. The maximum Gasteiger partial charge on any atom is 0.416 e. The highest BCUT2D eigenvalue weighted by molar-refractivity contribution is 7.91. The van der Waals surface area contributed by atoms with Crippen molar-refractivity contribution in [1.29, 1.82) is 0 Å². The van der Waals surface area contributed by atoms with Crippen LogP contribution < -0.4 is 4.74 Å². The summed E-state index contributed by atoms with van der Waals surface area (Å²) in [5.41, 5.74) is -0.423. The zero-order valence-corrected chi connectivity index (χ0v) is 22.5. The van der Waals surface area contributed by atoms with E-state index in [0.29, 0.717) is 48.6 Å². The zero-order valence-electron chi connectivity index (χ0n) is 20.9. The maximum atomic E-state index is 13.8. The lowest BCUT2D eigenvalue weighted by Gasteiger charge is -2.33. The van der Waals surface area contributed by atoms with E-state index in [9.17, 15) is 39.2 Å². The summed E-state index contributed by atoms with van der Waals surface area (Å²) in [6.45, 7) is -0.620. The number of carboxylic acid groups (broad SMARTS) is 1. The van der Waals surface area contributed by atoms with E-state index >= 15 is 0 Å². The first-order valence-corrected chi connectivity index (χ1v) is 14.7. The Morgan fingerprint density at radius 2 is 1.65 bits per heavy atom. The van der Waals surface area contributed by atoms with E-state index in [4.69, 9.17) is 9.84 Å². The second-order valence-electron chi connectivity index (χ2n) is 9.08. The first-order valence-electron chi connectivity index (χ1n) is 11.8. The lowest BCUT2D eigenvalue weighted by molar-refractivity contribution is -0.139. The van der Waals surface area contributed by atoms with E-state index in [-0.39, 0.29) is 5.75 Å². The number of ether oxygens (including phenoxy) is 1. The van der Waals surface area contributed by atoms with E-state index in [1.54, 1.807) is 12.1 Å². The van der Waals surface area contributed by atoms with Gasteiger partial charge in [-0.15, -0.1) is 0 Å². The van der Waals surface area contributed by atoms with Gasteiger partial charge in [0.2, 0.25) is 19.9 Å². The zero-order chi connectivity index (χ0) is 29.5. The molecule has 214 valence electrons. The highest BCUT2D eigenvalue weighted by atomic mass is 32.2. The van der Waals surface area contributed by atoms with Crippen molar-refractivity contribution in [3.8, 4) is 5.75 Å². The third-order valence-corrected chi connectivity index (χ3v) is 10.1. The van der Waals surface area contributed by atoms with Crippen molar-refractivity contribution in [1.82, 2.24) is 4.31 Å². The van der Waals surface area contributed by atoms with Crippen LogP contribution in [-0.2, 0) is 37.3 Å². The van der Waals surface area contributed by atoms with Crippen molar-refractivity contribution in [3.63, 3.8) is 0 Å². The van der Waals surface area contributed by atoms with Gasteiger partial charge in [0.25, 0.3) is 0 Å². The van der Waals surface area contributed by atoms with Gasteiger partial charge in [0.05, 0.1) is 26.3 Å². The summed E-state index contributed by atoms with van der Waals surface area (Å²) in [4.78, 5) is 8.62. The standard InChI is InChI=1S/C26H23F4NO7S2/c1-31(23-6-2-5-22-21(23)4-3-7-24(22)38-15-25(32)33)40(36,37)20-13-16(26(28,29)30)12-19(14-20)39(34,35)18-10-8-17(27)9-11-18/h3-4,7-14,23H,2,5-6,15H2,1H3,(H,32,33)/t23-/m1/s1. The van der Waals surface area contributed by atoms with Crippen LogP contribution in [0.25, 0.3) is 0 Å². The molecule has 14 heteroatoms. The molecule has 0 saturated carbocycles. The van der Waals surface area contributed by atoms with E-state index < -0.39 is 70.7 Å². The summed E-state index contributed by atoms with van der Waals surface area (Å²) in [7, 11) is -8.18. The summed E-state index contributed by atoms with van der Waals surface area (Å²) in [5.74, 6) is -1.72. The number of hydrogen-bond donors (Lipinski definition) is 1. The fraction of sp³-hybridized carbons (Fsp3) is 0.269. The predicted molar refractivity (Wildman–Crippen MR) is 133 cm³/mol. The Labute approximate surface area is 227 Å². The van der Waals surface area contributed by atoms with Gasteiger partial charge < -0.3 is 9.84 Å². The largest absolute Gasteiger partial charge is 0.482 e. The van der Waals surface area contributed by atoms with Crippen LogP contribution in [0.1, 0.15) is 35.6 Å². The van der Waals surface area contributed by atoms with Crippen LogP contribution in [0.4, 0.5) is 17.6 Å². The van der Waals surface area contributed by atoms with Gasteiger partial charge in [-0.25, -0.2) is 26.0 Å². The van der Waals surface area contributed by atoms with Gasteiger partial charge in [-0.2, -0.15) is 17.5 Å². The first-order chi connectivity index (χ1) is 18.6. The van der Waals surface area contributed by atoms with Crippen LogP contribution in [0.3, 0.4) is 0 Å². The van der Waals surface area contributed by atoms with Gasteiger partial charge in [-0.3, -0.25) is 0 Å². The number of halogens is 4. The third kappa shape index (κ3) is 5.83. The van der Waals surface area contributed by atoms with Gasteiger partial charge >= 0.3 is 12.1 Å². The van der Waals surface area contributed by atoms with E-state index in [1.807, 2.05) is 0 Å². The summed E-state index contributed by atoms with van der Waals surface area (Å²) >= 11 is 0. The SMILES string of the molecule is CN([C@@H]1CCCc2c(OCC(=O)O)cccc21)S(=O)(=O)c1cc(C(F)(F)F)cc(S(=O)(=O)c2ccc(F)cc2)c1. The molecule has 1 N–H and O–H groups in total. The van der Waals surface area contributed by atoms with Crippen molar-refractivity contribution in [2.45, 2.75) is 46.2 Å². The van der Waals surface area contributed by atoms with Crippen molar-refractivity contribution in [3.05, 3.63) is 83.2 Å². The molecule has 1 atom stereocenters. The number of sulfonamides is 1. The number of carbonyl (C=O) groups is 1. The van der Waals surface area contributed by atoms with E-state index in [2.05, 4.69) is 0 Å². The molecule has 0 heterocycles. The molecule has 8 nitrogen and oxygen atoms in total. The first kappa shape index (κ1) is 29.5. The van der Waals surface area contributed by atoms with Crippen LogP contribution in [-0.4, -0.2) is 45.9 Å². The summed E-state index contributed by atoms with van der Waals surface area (Å²) in [5, 5.41) is 8.94. The van der Waals surface area contributed by atoms with Crippen molar-refractivity contribution < 1.29 is 49.0 Å². The number of fused-ring (bicyclic) bond motifs is 1. The fourth-order valence-electron chi connectivity index (χ4n) is 4.57. The lowest BCUT2D eigenvalue weighted by atomic mass is 9.87. The lowest BCUT2D eigenvalue weighted by Crippen LogP contribution is -2.34. The molecule has 0 saturated heterocycles. The topological polar surface area (TPSA) is 118 Å². The minimum absolute atomic E-state index is 0.252. The van der Waals surface area contributed by atoms with Crippen molar-refractivity contribution >= 4 is 25.8 Å². The molecule has 0 fully saturated rings. The second kappa shape index (κ2) is 10.8. The Hall–Kier alpha value is -3.49. The number of benzene rings is 3. The average molecular weight is 602 g/mol. The number of hydrogen-bond acceptors (Lipinski definition) is 6. The van der Waals surface area contributed by atoms with Crippen molar-refractivity contribution in [2.75, 3.05) is 13.7 Å². The molecule has 0 aromatic heterocycles. The van der Waals surface area contributed by atoms with Crippen LogP contribution in [0.5, 0.6) is 5.75 Å². The molecule has 1 aliphatic rings. The van der Waals surface area contributed by atoms with Gasteiger partial charge in [0, 0.05) is 7.05 Å². The molecule has 0 aliphatic heterocycles. The summed E-state index contributed by atoms with van der Waals surface area (Å²) in [6.07, 6.45) is -3.85. The highest BCUT2D eigenvalue weighted by Gasteiger charge is 2.38. The van der Waals surface area contributed by atoms with Crippen LogP contribution in [0, 0.1) is 5.82 Å². The predicted octanol–water partition coefficient (Wildman–Crippen LogP) is 4.84. The molecule has 40 heavy (non-hydrogen) atoms. The molecule has 0 amide bonds. The second-order valence-corrected chi connectivity index (χ2v) is 13.0. The number of nitrogens with zero attached hydrogens (tertiary/aromatic N) is 1. The number of sulfone groups is 1. The monoisotopic (exact) mass is 601 g/mol. The Morgan fingerprint density at radius 1 is 1.00 bits per heavy atom. The fourth-order valence-corrected chi connectivity index (χ4v) is 7.41. The van der Waals surface area contributed by atoms with E-state index in [1.165, 1.54) is 13.1 Å². The molecule has 0 radical (unpaired) electrons.